The topological polar surface area (TPSA) is 145 Å². The Labute approximate surface area is 177 Å². The standard InChI is InChI=1S/C21H21N3O7/c1-30-17-5-3-2-4-15(17)14-8-6-13(7-9-14)11-24(12-16(25)21(28)29)22-20(27)18-10-19(26)23-31-18/h2-10,16,25H,11-12H2,1H3,(H,22,27)(H,23,26)(H,28,29)/t16-/m1/s1. The Kier molecular flexibility index (Phi) is 6.85. The SMILES string of the molecule is COc1ccccc1-c1ccc(CN(C[C@@H](O)C(=O)O)NC(=O)c2cc(O)no2)cc1. The molecule has 1 aromatic heterocycles. The van der Waals surface area contributed by atoms with E-state index in [1.807, 2.05) is 48.5 Å². The molecule has 2 aromatic carbocycles. The number of hydrogen-bond donors (Lipinski definition) is 4. The summed E-state index contributed by atoms with van der Waals surface area (Å²) in [5.74, 6) is -2.18. The van der Waals surface area contributed by atoms with Crippen molar-refractivity contribution in [1.29, 1.82) is 0 Å². The molecule has 0 unspecified atom stereocenters. The van der Waals surface area contributed by atoms with Crippen molar-refractivity contribution in [2.24, 2.45) is 0 Å². The molecule has 0 aliphatic carbocycles. The number of carboxylic acids is 1. The molecule has 1 atom stereocenters. The first-order valence-corrected chi connectivity index (χ1v) is 9.22. The number of hydrazine groups is 1. The molecule has 3 aromatic rings. The van der Waals surface area contributed by atoms with Crippen LogP contribution in [0.5, 0.6) is 11.6 Å². The van der Waals surface area contributed by atoms with E-state index in [0.717, 1.165) is 28.5 Å². The Morgan fingerprint density at radius 1 is 1.19 bits per heavy atom. The van der Waals surface area contributed by atoms with E-state index >= 15 is 0 Å². The zero-order valence-corrected chi connectivity index (χ0v) is 16.6. The van der Waals surface area contributed by atoms with Crippen molar-refractivity contribution in [1.82, 2.24) is 15.6 Å². The molecule has 1 amide bonds. The van der Waals surface area contributed by atoms with Crippen molar-refractivity contribution in [3.63, 3.8) is 0 Å². The molecule has 0 fully saturated rings. The minimum atomic E-state index is -1.73. The first-order valence-electron chi connectivity index (χ1n) is 9.22. The fourth-order valence-corrected chi connectivity index (χ4v) is 2.90. The number of amides is 1. The van der Waals surface area contributed by atoms with Crippen molar-refractivity contribution in [3.8, 4) is 22.8 Å². The smallest absolute Gasteiger partial charge is 0.333 e. The molecule has 0 bridgehead atoms. The maximum absolute atomic E-state index is 12.3. The van der Waals surface area contributed by atoms with Crippen LogP contribution in [-0.4, -0.2) is 57.1 Å². The van der Waals surface area contributed by atoms with Crippen LogP contribution in [-0.2, 0) is 11.3 Å². The van der Waals surface area contributed by atoms with Gasteiger partial charge in [0.15, 0.2) is 6.10 Å². The first-order chi connectivity index (χ1) is 14.9. The first kappa shape index (κ1) is 21.8. The molecule has 0 saturated carbocycles. The molecule has 0 spiro atoms. The number of methoxy groups -OCH3 is 1. The lowest BCUT2D eigenvalue weighted by Gasteiger charge is -2.24. The molecule has 10 heteroatoms. The van der Waals surface area contributed by atoms with Crippen LogP contribution in [0.4, 0.5) is 0 Å². The van der Waals surface area contributed by atoms with Crippen molar-refractivity contribution >= 4 is 11.9 Å². The van der Waals surface area contributed by atoms with Gasteiger partial charge in [-0.3, -0.25) is 10.2 Å². The van der Waals surface area contributed by atoms with Crippen molar-refractivity contribution in [3.05, 3.63) is 65.9 Å². The van der Waals surface area contributed by atoms with Crippen LogP contribution < -0.4 is 10.2 Å². The highest BCUT2D eigenvalue weighted by molar-refractivity contribution is 5.91. The number of aliphatic carboxylic acids is 1. The second-order valence-corrected chi connectivity index (χ2v) is 6.62. The number of nitrogens with one attached hydrogen (secondary N) is 1. The number of aromatic hydroxyl groups is 1. The third-order valence-electron chi connectivity index (χ3n) is 4.40. The molecular formula is C21H21N3O7. The number of ether oxygens (including phenoxy) is 1. The zero-order chi connectivity index (χ0) is 22.4. The largest absolute Gasteiger partial charge is 0.496 e. The molecule has 0 aliphatic heterocycles. The van der Waals surface area contributed by atoms with Crippen LogP contribution >= 0.6 is 0 Å². The summed E-state index contributed by atoms with van der Waals surface area (Å²) in [6, 6.07) is 15.9. The zero-order valence-electron chi connectivity index (χ0n) is 16.6. The van der Waals surface area contributed by atoms with Gasteiger partial charge in [0.05, 0.1) is 19.7 Å². The van der Waals surface area contributed by atoms with Crippen molar-refractivity contribution < 1.29 is 34.2 Å². The molecule has 0 aliphatic rings. The normalized spacial score (nSPS) is 11.8. The number of benzene rings is 2. The van der Waals surface area contributed by atoms with Crippen molar-refractivity contribution in [2.75, 3.05) is 13.7 Å². The lowest BCUT2D eigenvalue weighted by atomic mass is 10.0. The van der Waals surface area contributed by atoms with E-state index in [0.29, 0.717) is 0 Å². The third kappa shape index (κ3) is 5.59. The molecule has 3 rings (SSSR count). The highest BCUT2D eigenvalue weighted by Gasteiger charge is 2.22. The van der Waals surface area contributed by atoms with Crippen LogP contribution in [0.15, 0.2) is 59.1 Å². The van der Waals surface area contributed by atoms with Gasteiger partial charge in [-0.2, -0.15) is 0 Å². The van der Waals surface area contributed by atoms with Gasteiger partial charge in [-0.05, 0) is 22.3 Å². The highest BCUT2D eigenvalue weighted by atomic mass is 16.5. The second-order valence-electron chi connectivity index (χ2n) is 6.62. The summed E-state index contributed by atoms with van der Waals surface area (Å²) in [7, 11) is 1.59. The van der Waals surface area contributed by atoms with Gasteiger partial charge in [-0.25, -0.2) is 9.80 Å². The van der Waals surface area contributed by atoms with Gasteiger partial charge in [-0.1, -0.05) is 42.5 Å². The Hall–Kier alpha value is -3.89. The van der Waals surface area contributed by atoms with Gasteiger partial charge < -0.3 is 24.6 Å². The van der Waals surface area contributed by atoms with Crippen LogP contribution in [0, 0.1) is 0 Å². The van der Waals surface area contributed by atoms with E-state index < -0.39 is 23.9 Å². The average Bonchev–Trinajstić information content (AvgIpc) is 3.20. The molecule has 162 valence electrons. The minimum absolute atomic E-state index is 0.0996. The van der Waals surface area contributed by atoms with Gasteiger partial charge in [0.1, 0.15) is 5.75 Å². The summed E-state index contributed by atoms with van der Waals surface area (Å²) >= 11 is 0. The molecule has 1 heterocycles. The van der Waals surface area contributed by atoms with Gasteiger partial charge >= 0.3 is 11.9 Å². The Morgan fingerprint density at radius 2 is 1.90 bits per heavy atom. The van der Waals surface area contributed by atoms with Crippen LogP contribution in [0.1, 0.15) is 16.1 Å². The summed E-state index contributed by atoms with van der Waals surface area (Å²) in [5, 5.41) is 32.4. The second kappa shape index (κ2) is 9.74. The van der Waals surface area contributed by atoms with Gasteiger partial charge in [-0.15, -0.1) is 0 Å². The average molecular weight is 427 g/mol. The summed E-state index contributed by atoms with van der Waals surface area (Å²) in [4.78, 5) is 23.3. The Balaban J connectivity index is 1.76. The number of aliphatic hydroxyl groups is 1. The number of carbonyl (C=O) groups excluding carboxylic acids is 1. The number of aromatic nitrogens is 1. The number of carbonyl (C=O) groups is 2. The molecule has 10 nitrogen and oxygen atoms in total. The van der Waals surface area contributed by atoms with Crippen LogP contribution in [0.2, 0.25) is 0 Å². The predicted molar refractivity (Wildman–Crippen MR) is 108 cm³/mol. The Morgan fingerprint density at radius 3 is 2.52 bits per heavy atom. The number of rotatable bonds is 9. The van der Waals surface area contributed by atoms with Crippen LogP contribution in [0.3, 0.4) is 0 Å². The summed E-state index contributed by atoms with van der Waals surface area (Å²) in [6.45, 7) is -0.280. The molecule has 0 radical (unpaired) electrons. The van der Waals surface area contributed by atoms with E-state index in [4.69, 9.17) is 9.84 Å². The van der Waals surface area contributed by atoms with E-state index in [2.05, 4.69) is 15.1 Å². The van der Waals surface area contributed by atoms with E-state index in [1.165, 1.54) is 5.01 Å². The molecular weight excluding hydrogens is 406 g/mol. The Bertz CT molecular complexity index is 1050. The maximum atomic E-state index is 12.3. The van der Waals surface area contributed by atoms with Crippen molar-refractivity contribution in [2.45, 2.75) is 12.6 Å². The predicted octanol–water partition coefficient (Wildman–Crippen LogP) is 1.65. The summed E-state index contributed by atoms with van der Waals surface area (Å²) in [5.41, 5.74) is 5.03. The fraction of sp³-hybridized carbons (Fsp3) is 0.190. The minimum Gasteiger partial charge on any atom is -0.496 e. The number of hydrogen-bond acceptors (Lipinski definition) is 8. The number of carboxylic acid groups (broad SMARTS) is 1. The highest BCUT2D eigenvalue weighted by Crippen LogP contribution is 2.29. The van der Waals surface area contributed by atoms with E-state index in [9.17, 15) is 19.8 Å². The lowest BCUT2D eigenvalue weighted by Crippen LogP contribution is -2.47. The molecule has 0 saturated heterocycles. The monoisotopic (exact) mass is 427 g/mol. The summed E-state index contributed by atoms with van der Waals surface area (Å²) in [6.07, 6.45) is -1.73. The number of para-hydroxylation sites is 1. The lowest BCUT2D eigenvalue weighted by molar-refractivity contribution is -0.148. The van der Waals surface area contributed by atoms with E-state index in [-0.39, 0.29) is 18.8 Å². The molecule has 31 heavy (non-hydrogen) atoms. The quantitative estimate of drug-likeness (QED) is 0.374. The fourth-order valence-electron chi connectivity index (χ4n) is 2.90. The number of aliphatic hydroxyl groups excluding tert-OH is 1. The third-order valence-corrected chi connectivity index (χ3v) is 4.40. The van der Waals surface area contributed by atoms with E-state index in [1.54, 1.807) is 7.11 Å². The van der Waals surface area contributed by atoms with Gasteiger partial charge in [0, 0.05) is 12.1 Å². The maximum Gasteiger partial charge on any atom is 0.333 e. The van der Waals surface area contributed by atoms with Gasteiger partial charge in [0.25, 0.3) is 5.88 Å². The molecule has 4 N–H and O–H groups in total. The number of nitrogens with zero attached hydrogens (tertiary/aromatic N) is 2. The summed E-state index contributed by atoms with van der Waals surface area (Å²) < 4.78 is 10.1. The van der Waals surface area contributed by atoms with Crippen LogP contribution in [0.25, 0.3) is 11.1 Å². The van der Waals surface area contributed by atoms with Gasteiger partial charge in [0.2, 0.25) is 5.76 Å².